The Kier molecular flexibility index (Phi) is 2.32. The quantitative estimate of drug-likeness (QED) is 0.785. The summed E-state index contributed by atoms with van der Waals surface area (Å²) in [6.07, 6.45) is 1.59. The van der Waals surface area contributed by atoms with Gasteiger partial charge >= 0.3 is 0 Å². The molecule has 13 heavy (non-hydrogen) atoms. The van der Waals surface area contributed by atoms with Gasteiger partial charge in [-0.25, -0.2) is 4.98 Å². The molecule has 3 nitrogen and oxygen atoms in total. The van der Waals surface area contributed by atoms with Crippen molar-refractivity contribution < 1.29 is 9.84 Å². The number of nitrogens with zero attached hydrogens (tertiary/aromatic N) is 1. The Morgan fingerprint density at radius 3 is 2.85 bits per heavy atom. The summed E-state index contributed by atoms with van der Waals surface area (Å²) in [6, 6.07) is 1.76. The van der Waals surface area contributed by atoms with Gasteiger partial charge in [-0.05, 0) is 22.0 Å². The van der Waals surface area contributed by atoms with E-state index in [1.165, 1.54) is 0 Å². The van der Waals surface area contributed by atoms with Gasteiger partial charge in [-0.15, -0.1) is 0 Å². The summed E-state index contributed by atoms with van der Waals surface area (Å²) in [6.45, 7) is 0.565. The predicted octanol–water partition coefficient (Wildman–Crippen LogP) is 1.72. The Labute approximate surface area is 88.8 Å². The van der Waals surface area contributed by atoms with E-state index < -0.39 is 5.60 Å². The second-order valence-electron chi connectivity index (χ2n) is 3.02. The molecule has 1 aliphatic rings. The summed E-state index contributed by atoms with van der Waals surface area (Å²) in [4.78, 5) is 3.93. The maximum absolute atomic E-state index is 9.92. The third-order valence-corrected chi connectivity index (χ3v) is 2.72. The van der Waals surface area contributed by atoms with Gasteiger partial charge in [-0.2, -0.15) is 0 Å². The zero-order valence-electron chi connectivity index (χ0n) is 6.63. The van der Waals surface area contributed by atoms with Crippen LogP contribution in [0.4, 0.5) is 0 Å². The van der Waals surface area contributed by atoms with Crippen molar-refractivity contribution in [3.63, 3.8) is 0 Å². The van der Waals surface area contributed by atoms with Crippen molar-refractivity contribution in [2.75, 3.05) is 13.2 Å². The number of aromatic nitrogens is 1. The number of rotatable bonds is 1. The monoisotopic (exact) mass is 263 g/mol. The number of aliphatic hydroxyl groups is 1. The SMILES string of the molecule is OC1(c2cc(Br)cnc2Cl)COC1. The standard InChI is InChI=1S/C8H7BrClNO2/c9-5-1-6(7(10)11-2-5)8(12)3-13-4-8/h1-2,12H,3-4H2. The summed E-state index contributed by atoms with van der Waals surface area (Å²) >= 11 is 9.11. The van der Waals surface area contributed by atoms with Crippen LogP contribution in [0.2, 0.25) is 5.15 Å². The molecule has 1 aromatic rings. The normalized spacial score (nSPS) is 19.6. The fourth-order valence-electron chi connectivity index (χ4n) is 1.20. The van der Waals surface area contributed by atoms with E-state index >= 15 is 0 Å². The lowest BCUT2D eigenvalue weighted by atomic mass is 9.94. The summed E-state index contributed by atoms with van der Waals surface area (Å²) in [5, 5.41) is 10.2. The van der Waals surface area contributed by atoms with Gasteiger partial charge in [0, 0.05) is 16.2 Å². The number of hydrogen-bond donors (Lipinski definition) is 1. The molecule has 5 heteroatoms. The first-order valence-electron chi connectivity index (χ1n) is 3.73. The van der Waals surface area contributed by atoms with Crippen LogP contribution in [0, 0.1) is 0 Å². The van der Waals surface area contributed by atoms with Gasteiger partial charge in [0.1, 0.15) is 10.8 Å². The van der Waals surface area contributed by atoms with Crippen LogP contribution in [-0.4, -0.2) is 23.3 Å². The van der Waals surface area contributed by atoms with Gasteiger partial charge in [-0.3, -0.25) is 0 Å². The second kappa shape index (κ2) is 3.20. The fraction of sp³-hybridized carbons (Fsp3) is 0.375. The minimum absolute atomic E-state index is 0.283. The lowest BCUT2D eigenvalue weighted by Gasteiger charge is -2.36. The summed E-state index contributed by atoms with van der Waals surface area (Å²) in [5.74, 6) is 0. The molecule has 0 atom stereocenters. The lowest BCUT2D eigenvalue weighted by molar-refractivity contribution is -0.184. The lowest BCUT2D eigenvalue weighted by Crippen LogP contribution is -2.46. The molecule has 0 aromatic carbocycles. The van der Waals surface area contributed by atoms with E-state index in [-0.39, 0.29) is 13.2 Å². The van der Waals surface area contributed by atoms with Crippen LogP contribution in [-0.2, 0) is 10.3 Å². The van der Waals surface area contributed by atoms with Crippen LogP contribution in [0.1, 0.15) is 5.56 Å². The van der Waals surface area contributed by atoms with Gasteiger partial charge in [-0.1, -0.05) is 11.6 Å². The van der Waals surface area contributed by atoms with E-state index in [2.05, 4.69) is 20.9 Å². The van der Waals surface area contributed by atoms with Gasteiger partial charge < -0.3 is 9.84 Å². The largest absolute Gasteiger partial charge is 0.380 e. The fourth-order valence-corrected chi connectivity index (χ4v) is 1.81. The van der Waals surface area contributed by atoms with E-state index in [9.17, 15) is 5.11 Å². The van der Waals surface area contributed by atoms with Crippen LogP contribution >= 0.6 is 27.5 Å². The first-order chi connectivity index (χ1) is 6.12. The number of ether oxygens (including phenoxy) is 1. The Hall–Kier alpha value is -0.160. The van der Waals surface area contributed by atoms with E-state index in [0.717, 1.165) is 4.47 Å². The molecule has 1 aromatic heterocycles. The van der Waals surface area contributed by atoms with Crippen molar-refractivity contribution in [3.05, 3.63) is 27.5 Å². The highest BCUT2D eigenvalue weighted by Gasteiger charge is 2.40. The number of pyridine rings is 1. The molecule has 2 heterocycles. The Bertz CT molecular complexity index is 341. The van der Waals surface area contributed by atoms with Crippen LogP contribution in [0.5, 0.6) is 0 Å². The van der Waals surface area contributed by atoms with Crippen molar-refractivity contribution in [2.24, 2.45) is 0 Å². The molecule has 1 fully saturated rings. The first kappa shape index (κ1) is 9.40. The molecule has 0 radical (unpaired) electrons. The molecule has 2 rings (SSSR count). The smallest absolute Gasteiger partial charge is 0.139 e. The molecule has 1 aliphatic heterocycles. The second-order valence-corrected chi connectivity index (χ2v) is 4.29. The number of halogens is 2. The van der Waals surface area contributed by atoms with Crippen LogP contribution < -0.4 is 0 Å². The summed E-state index contributed by atoms with van der Waals surface area (Å²) < 4.78 is 5.73. The van der Waals surface area contributed by atoms with Crippen molar-refractivity contribution in [2.45, 2.75) is 5.60 Å². The minimum Gasteiger partial charge on any atom is -0.380 e. The third-order valence-electron chi connectivity index (χ3n) is 1.99. The Balaban J connectivity index is 2.43. The topological polar surface area (TPSA) is 42.4 Å². The molecular formula is C8H7BrClNO2. The third kappa shape index (κ3) is 1.59. The van der Waals surface area contributed by atoms with Gasteiger partial charge in [0.05, 0.1) is 13.2 Å². The zero-order valence-corrected chi connectivity index (χ0v) is 8.97. The zero-order chi connectivity index (χ0) is 9.47. The van der Waals surface area contributed by atoms with Crippen molar-refractivity contribution in [1.82, 2.24) is 4.98 Å². The molecule has 0 aliphatic carbocycles. The average molecular weight is 265 g/mol. The van der Waals surface area contributed by atoms with Gasteiger partial charge in [0.15, 0.2) is 0 Å². The number of hydrogen-bond acceptors (Lipinski definition) is 3. The first-order valence-corrected chi connectivity index (χ1v) is 4.90. The predicted molar refractivity (Wildman–Crippen MR) is 51.7 cm³/mol. The molecule has 1 N–H and O–H groups in total. The highest BCUT2D eigenvalue weighted by molar-refractivity contribution is 9.10. The Morgan fingerprint density at radius 1 is 1.62 bits per heavy atom. The van der Waals surface area contributed by atoms with E-state index in [0.29, 0.717) is 10.7 Å². The van der Waals surface area contributed by atoms with E-state index in [4.69, 9.17) is 16.3 Å². The van der Waals surface area contributed by atoms with Crippen LogP contribution in [0.3, 0.4) is 0 Å². The van der Waals surface area contributed by atoms with E-state index in [1.54, 1.807) is 12.3 Å². The summed E-state index contributed by atoms with van der Waals surface area (Å²) in [5.41, 5.74) is -0.330. The van der Waals surface area contributed by atoms with Crippen LogP contribution in [0.15, 0.2) is 16.7 Å². The average Bonchev–Trinajstić information content (AvgIpc) is 2.05. The molecule has 0 bridgehead atoms. The highest BCUT2D eigenvalue weighted by Crippen LogP contribution is 2.34. The van der Waals surface area contributed by atoms with Crippen molar-refractivity contribution >= 4 is 27.5 Å². The van der Waals surface area contributed by atoms with Crippen molar-refractivity contribution in [3.8, 4) is 0 Å². The molecule has 1 saturated heterocycles. The summed E-state index contributed by atoms with van der Waals surface area (Å²) in [7, 11) is 0. The van der Waals surface area contributed by atoms with E-state index in [1.807, 2.05) is 0 Å². The molecule has 0 saturated carbocycles. The minimum atomic E-state index is -0.951. The maximum atomic E-state index is 9.92. The Morgan fingerprint density at radius 2 is 2.31 bits per heavy atom. The molecule has 0 unspecified atom stereocenters. The molecule has 0 spiro atoms. The van der Waals surface area contributed by atoms with Crippen LogP contribution in [0.25, 0.3) is 0 Å². The van der Waals surface area contributed by atoms with Crippen molar-refractivity contribution in [1.29, 1.82) is 0 Å². The molecule has 70 valence electrons. The molecular weight excluding hydrogens is 257 g/mol. The van der Waals surface area contributed by atoms with Gasteiger partial charge in [0.2, 0.25) is 0 Å². The molecule has 0 amide bonds. The van der Waals surface area contributed by atoms with Gasteiger partial charge in [0.25, 0.3) is 0 Å². The highest BCUT2D eigenvalue weighted by atomic mass is 79.9. The maximum Gasteiger partial charge on any atom is 0.139 e.